The van der Waals surface area contributed by atoms with Gasteiger partial charge < -0.3 is 5.32 Å². The molecule has 2 fully saturated rings. The van der Waals surface area contributed by atoms with Gasteiger partial charge in [0.1, 0.15) is 0 Å². The molecule has 6 heteroatoms. The van der Waals surface area contributed by atoms with Crippen LogP contribution in [0, 0.1) is 27.4 Å². The monoisotopic (exact) mass is 350 g/mol. The molecule has 0 radical (unpaired) electrons. The second-order valence-electron chi connectivity index (χ2n) is 7.33. The van der Waals surface area contributed by atoms with Crippen molar-refractivity contribution in [3.05, 3.63) is 33.3 Å². The molecule has 0 spiro atoms. The SMILES string of the molecule is CCC1CC2CCCC(C(=O)Nc3ccc([N+](=O)[O-])cc3Cl)(C1)C2. The van der Waals surface area contributed by atoms with Crippen molar-refractivity contribution in [3.8, 4) is 0 Å². The minimum atomic E-state index is -0.491. The number of rotatable bonds is 4. The lowest BCUT2D eigenvalue weighted by Gasteiger charge is -2.47. The van der Waals surface area contributed by atoms with E-state index in [1.807, 2.05) is 0 Å². The van der Waals surface area contributed by atoms with E-state index in [-0.39, 0.29) is 22.0 Å². The number of hydrogen-bond acceptors (Lipinski definition) is 3. The third-order valence-electron chi connectivity index (χ3n) is 5.76. The van der Waals surface area contributed by atoms with Gasteiger partial charge in [-0.15, -0.1) is 0 Å². The van der Waals surface area contributed by atoms with Crippen molar-refractivity contribution >= 4 is 28.9 Å². The predicted octanol–water partition coefficient (Wildman–Crippen LogP) is 5.18. The van der Waals surface area contributed by atoms with Gasteiger partial charge in [-0.1, -0.05) is 37.8 Å². The molecular weight excluding hydrogens is 328 g/mol. The highest BCUT2D eigenvalue weighted by Gasteiger charge is 2.47. The van der Waals surface area contributed by atoms with E-state index in [4.69, 9.17) is 11.6 Å². The number of nitro groups is 1. The largest absolute Gasteiger partial charge is 0.324 e. The number of amides is 1. The van der Waals surface area contributed by atoms with Gasteiger partial charge in [-0.2, -0.15) is 0 Å². The molecule has 1 aromatic rings. The summed E-state index contributed by atoms with van der Waals surface area (Å²) in [4.78, 5) is 23.3. The van der Waals surface area contributed by atoms with Crippen LogP contribution in [0.3, 0.4) is 0 Å². The summed E-state index contributed by atoms with van der Waals surface area (Å²) >= 11 is 6.12. The van der Waals surface area contributed by atoms with Crippen molar-refractivity contribution in [2.24, 2.45) is 17.3 Å². The number of fused-ring (bicyclic) bond motifs is 2. The Bertz CT molecular complexity index is 664. The highest BCUT2D eigenvalue weighted by molar-refractivity contribution is 6.34. The molecule has 3 atom stereocenters. The second kappa shape index (κ2) is 6.71. The smallest absolute Gasteiger partial charge is 0.271 e. The maximum absolute atomic E-state index is 13.0. The maximum atomic E-state index is 13.0. The molecule has 1 amide bonds. The van der Waals surface area contributed by atoms with Crippen LogP contribution in [0.1, 0.15) is 51.9 Å². The molecule has 1 N–H and O–H groups in total. The van der Waals surface area contributed by atoms with Crippen molar-refractivity contribution in [2.45, 2.75) is 51.9 Å². The fourth-order valence-electron chi connectivity index (χ4n) is 4.56. The third kappa shape index (κ3) is 3.27. The van der Waals surface area contributed by atoms with Gasteiger partial charge in [0.15, 0.2) is 0 Å². The average Bonchev–Trinajstić information content (AvgIpc) is 2.55. The van der Waals surface area contributed by atoms with E-state index in [1.165, 1.54) is 31.0 Å². The average molecular weight is 351 g/mol. The number of carbonyl (C=O) groups is 1. The zero-order valence-corrected chi connectivity index (χ0v) is 14.6. The number of non-ortho nitro benzene ring substituents is 1. The van der Waals surface area contributed by atoms with Gasteiger partial charge >= 0.3 is 0 Å². The summed E-state index contributed by atoms with van der Waals surface area (Å²) in [6.07, 6.45) is 7.51. The number of benzene rings is 1. The maximum Gasteiger partial charge on any atom is 0.271 e. The first-order valence-electron chi connectivity index (χ1n) is 8.69. The fraction of sp³-hybridized carbons (Fsp3) is 0.611. The van der Waals surface area contributed by atoms with Crippen LogP contribution in [-0.4, -0.2) is 10.8 Å². The molecule has 2 bridgehead atoms. The number of anilines is 1. The Kier molecular flexibility index (Phi) is 4.81. The van der Waals surface area contributed by atoms with E-state index in [0.29, 0.717) is 17.5 Å². The van der Waals surface area contributed by atoms with Gasteiger partial charge in [-0.3, -0.25) is 14.9 Å². The molecule has 2 aliphatic carbocycles. The van der Waals surface area contributed by atoms with Crippen molar-refractivity contribution in [2.75, 3.05) is 5.32 Å². The molecule has 1 aromatic carbocycles. The van der Waals surface area contributed by atoms with Gasteiger partial charge in [0.2, 0.25) is 5.91 Å². The molecule has 0 aromatic heterocycles. The van der Waals surface area contributed by atoms with Gasteiger partial charge in [0.25, 0.3) is 5.69 Å². The Labute approximate surface area is 146 Å². The summed E-state index contributed by atoms with van der Waals surface area (Å²) in [6, 6.07) is 4.18. The van der Waals surface area contributed by atoms with Crippen LogP contribution in [0.2, 0.25) is 5.02 Å². The van der Waals surface area contributed by atoms with Crippen LogP contribution in [0.5, 0.6) is 0 Å². The van der Waals surface area contributed by atoms with Gasteiger partial charge in [0, 0.05) is 12.1 Å². The van der Waals surface area contributed by atoms with E-state index < -0.39 is 4.92 Å². The Hall–Kier alpha value is -1.62. The highest BCUT2D eigenvalue weighted by atomic mass is 35.5. The van der Waals surface area contributed by atoms with Crippen molar-refractivity contribution in [3.63, 3.8) is 0 Å². The first-order valence-corrected chi connectivity index (χ1v) is 9.07. The lowest BCUT2D eigenvalue weighted by Crippen LogP contribution is -2.45. The third-order valence-corrected chi connectivity index (χ3v) is 6.08. The molecule has 2 saturated carbocycles. The summed E-state index contributed by atoms with van der Waals surface area (Å²) < 4.78 is 0. The summed E-state index contributed by atoms with van der Waals surface area (Å²) in [6.45, 7) is 2.20. The molecular formula is C18H23ClN2O3. The first-order chi connectivity index (χ1) is 11.4. The van der Waals surface area contributed by atoms with Crippen molar-refractivity contribution in [1.82, 2.24) is 0 Å². The Morgan fingerprint density at radius 1 is 1.46 bits per heavy atom. The van der Waals surface area contributed by atoms with E-state index in [1.54, 1.807) is 0 Å². The lowest BCUT2D eigenvalue weighted by atomic mass is 9.58. The topological polar surface area (TPSA) is 72.2 Å². The molecule has 0 heterocycles. The number of nitrogens with one attached hydrogen (secondary N) is 1. The van der Waals surface area contributed by atoms with Crippen LogP contribution < -0.4 is 5.32 Å². The number of halogens is 1. The summed E-state index contributed by atoms with van der Waals surface area (Å²) in [5.41, 5.74) is 0.0902. The second-order valence-corrected chi connectivity index (χ2v) is 7.74. The summed E-state index contributed by atoms with van der Waals surface area (Å²) in [7, 11) is 0. The molecule has 5 nitrogen and oxygen atoms in total. The van der Waals surface area contributed by atoms with E-state index in [9.17, 15) is 14.9 Å². The standard InChI is InChI=1S/C18H23ClN2O3/c1-2-12-8-13-4-3-7-18(10-12,11-13)17(22)20-16-6-5-14(21(23)24)9-15(16)19/h5-6,9,12-13H,2-4,7-8,10-11H2,1H3,(H,20,22). The summed E-state index contributed by atoms with van der Waals surface area (Å²) in [5, 5.41) is 14.0. The van der Waals surface area contributed by atoms with Gasteiger partial charge in [-0.05, 0) is 43.6 Å². The summed E-state index contributed by atoms with van der Waals surface area (Å²) in [5.74, 6) is 1.29. The molecule has 3 rings (SSSR count). The zero-order valence-electron chi connectivity index (χ0n) is 13.9. The molecule has 0 aliphatic heterocycles. The molecule has 2 aliphatic rings. The van der Waals surface area contributed by atoms with E-state index in [0.717, 1.165) is 32.1 Å². The minimum Gasteiger partial charge on any atom is -0.324 e. The number of hydrogen-bond donors (Lipinski definition) is 1. The Balaban J connectivity index is 1.79. The molecule has 130 valence electrons. The van der Waals surface area contributed by atoms with E-state index >= 15 is 0 Å². The van der Waals surface area contributed by atoms with Gasteiger partial charge in [-0.25, -0.2) is 0 Å². The number of nitrogens with zero attached hydrogens (tertiary/aromatic N) is 1. The van der Waals surface area contributed by atoms with Crippen LogP contribution in [0.4, 0.5) is 11.4 Å². The molecule has 0 saturated heterocycles. The predicted molar refractivity (Wildman–Crippen MR) is 94.1 cm³/mol. The molecule has 24 heavy (non-hydrogen) atoms. The van der Waals surface area contributed by atoms with E-state index in [2.05, 4.69) is 12.2 Å². The molecule has 3 unspecified atom stereocenters. The van der Waals surface area contributed by atoms with Gasteiger partial charge in [0.05, 0.1) is 21.0 Å². The minimum absolute atomic E-state index is 0.0288. The Morgan fingerprint density at radius 2 is 2.25 bits per heavy atom. The van der Waals surface area contributed by atoms with Crippen LogP contribution in [0.25, 0.3) is 0 Å². The number of carbonyl (C=O) groups excluding carboxylic acids is 1. The fourth-order valence-corrected chi connectivity index (χ4v) is 4.79. The normalized spacial score (nSPS) is 29.1. The van der Waals surface area contributed by atoms with Crippen LogP contribution >= 0.6 is 11.6 Å². The lowest BCUT2D eigenvalue weighted by molar-refractivity contribution is -0.384. The first kappa shape index (κ1) is 17.2. The van der Waals surface area contributed by atoms with Crippen molar-refractivity contribution < 1.29 is 9.72 Å². The zero-order chi connectivity index (χ0) is 17.3. The van der Waals surface area contributed by atoms with Crippen molar-refractivity contribution in [1.29, 1.82) is 0 Å². The van der Waals surface area contributed by atoms with Crippen LogP contribution in [-0.2, 0) is 4.79 Å². The quantitative estimate of drug-likeness (QED) is 0.600. The highest BCUT2D eigenvalue weighted by Crippen LogP contribution is 2.52. The Morgan fingerprint density at radius 3 is 2.92 bits per heavy atom. The number of nitro benzene ring substituents is 1. The van der Waals surface area contributed by atoms with Crippen LogP contribution in [0.15, 0.2) is 18.2 Å².